The third-order valence-corrected chi connectivity index (χ3v) is 4.38. The van der Waals surface area contributed by atoms with Gasteiger partial charge in [-0.2, -0.15) is 0 Å². The third kappa shape index (κ3) is 3.08. The molecule has 3 nitrogen and oxygen atoms in total. The minimum atomic E-state index is 0.509. The molecule has 110 valence electrons. The predicted octanol–water partition coefficient (Wildman–Crippen LogP) is 3.26. The van der Waals surface area contributed by atoms with Gasteiger partial charge in [0.25, 0.3) is 0 Å². The molecule has 0 spiro atoms. The standard InChI is InChI=1S/C18H22N2O/c1-13-3-5-14(6-4-13)17-12-19-10-9-16(17)15-7-8-18(21-2)20-11-15/h3-8,11,16-17,19H,9-10,12H2,1-2H3. The molecule has 0 aliphatic carbocycles. The van der Waals surface area contributed by atoms with Crippen LogP contribution < -0.4 is 10.1 Å². The summed E-state index contributed by atoms with van der Waals surface area (Å²) in [7, 11) is 1.65. The molecule has 0 bridgehead atoms. The fourth-order valence-corrected chi connectivity index (χ4v) is 3.15. The normalized spacial score (nSPS) is 22.0. The van der Waals surface area contributed by atoms with Gasteiger partial charge in [0.05, 0.1) is 7.11 Å². The zero-order valence-electron chi connectivity index (χ0n) is 12.7. The van der Waals surface area contributed by atoms with E-state index in [4.69, 9.17) is 4.74 Å². The molecule has 21 heavy (non-hydrogen) atoms. The van der Waals surface area contributed by atoms with Crippen LogP contribution in [0.15, 0.2) is 42.6 Å². The SMILES string of the molecule is COc1ccc(C2CCNCC2c2ccc(C)cc2)cn1. The Hall–Kier alpha value is -1.87. The number of pyridine rings is 1. The number of nitrogens with one attached hydrogen (secondary N) is 1. The Kier molecular flexibility index (Phi) is 4.20. The lowest BCUT2D eigenvalue weighted by atomic mass is 9.78. The van der Waals surface area contributed by atoms with Crippen molar-refractivity contribution in [3.63, 3.8) is 0 Å². The van der Waals surface area contributed by atoms with Crippen molar-refractivity contribution in [2.45, 2.75) is 25.2 Å². The minimum absolute atomic E-state index is 0.509. The Labute approximate surface area is 126 Å². The Balaban J connectivity index is 1.88. The molecule has 1 N–H and O–H groups in total. The Morgan fingerprint density at radius 1 is 1.05 bits per heavy atom. The maximum absolute atomic E-state index is 5.16. The lowest BCUT2D eigenvalue weighted by molar-refractivity contribution is 0.390. The van der Waals surface area contributed by atoms with E-state index >= 15 is 0 Å². The van der Waals surface area contributed by atoms with Gasteiger partial charge < -0.3 is 10.1 Å². The van der Waals surface area contributed by atoms with Gasteiger partial charge in [-0.1, -0.05) is 35.9 Å². The van der Waals surface area contributed by atoms with Crippen molar-refractivity contribution in [3.05, 3.63) is 59.3 Å². The second kappa shape index (κ2) is 6.27. The summed E-state index contributed by atoms with van der Waals surface area (Å²) >= 11 is 0. The summed E-state index contributed by atoms with van der Waals surface area (Å²) < 4.78 is 5.16. The maximum atomic E-state index is 5.16. The molecule has 2 atom stereocenters. The number of hydrogen-bond donors (Lipinski definition) is 1. The van der Waals surface area contributed by atoms with Crippen LogP contribution in [0.3, 0.4) is 0 Å². The lowest BCUT2D eigenvalue weighted by Gasteiger charge is -2.33. The monoisotopic (exact) mass is 282 g/mol. The van der Waals surface area contributed by atoms with Gasteiger partial charge in [0, 0.05) is 24.7 Å². The number of aryl methyl sites for hydroxylation is 1. The molecule has 1 fully saturated rings. The molecule has 2 heterocycles. The van der Waals surface area contributed by atoms with E-state index in [9.17, 15) is 0 Å². The summed E-state index contributed by atoms with van der Waals surface area (Å²) in [4.78, 5) is 4.37. The van der Waals surface area contributed by atoms with Crippen molar-refractivity contribution in [1.29, 1.82) is 0 Å². The fraction of sp³-hybridized carbons (Fsp3) is 0.389. The average Bonchev–Trinajstić information content (AvgIpc) is 2.56. The van der Waals surface area contributed by atoms with Crippen molar-refractivity contribution >= 4 is 0 Å². The van der Waals surface area contributed by atoms with Crippen LogP contribution in [0, 0.1) is 6.92 Å². The predicted molar refractivity (Wildman–Crippen MR) is 84.9 cm³/mol. The van der Waals surface area contributed by atoms with Gasteiger partial charge >= 0.3 is 0 Å². The Morgan fingerprint density at radius 3 is 2.48 bits per heavy atom. The maximum Gasteiger partial charge on any atom is 0.212 e. The molecule has 1 aromatic carbocycles. The quantitative estimate of drug-likeness (QED) is 0.938. The lowest BCUT2D eigenvalue weighted by Crippen LogP contribution is -2.34. The van der Waals surface area contributed by atoms with Crippen molar-refractivity contribution in [1.82, 2.24) is 10.3 Å². The summed E-state index contributed by atoms with van der Waals surface area (Å²) in [5.41, 5.74) is 4.03. The van der Waals surface area contributed by atoms with E-state index in [1.807, 2.05) is 12.3 Å². The van der Waals surface area contributed by atoms with Gasteiger partial charge in [0.1, 0.15) is 0 Å². The summed E-state index contributed by atoms with van der Waals surface area (Å²) in [6.07, 6.45) is 3.11. The molecule has 1 aliphatic rings. The molecule has 2 unspecified atom stereocenters. The van der Waals surface area contributed by atoms with E-state index < -0.39 is 0 Å². The molecule has 0 saturated carbocycles. The van der Waals surface area contributed by atoms with Gasteiger partial charge in [0.15, 0.2) is 0 Å². The van der Waals surface area contributed by atoms with E-state index in [0.717, 1.165) is 19.5 Å². The Morgan fingerprint density at radius 2 is 1.81 bits per heavy atom. The number of methoxy groups -OCH3 is 1. The smallest absolute Gasteiger partial charge is 0.212 e. The van der Waals surface area contributed by atoms with Gasteiger partial charge in [0.2, 0.25) is 5.88 Å². The summed E-state index contributed by atoms with van der Waals surface area (Å²) in [5, 5.41) is 3.53. The van der Waals surface area contributed by atoms with Gasteiger partial charge in [-0.25, -0.2) is 4.98 Å². The van der Waals surface area contributed by atoms with Crippen molar-refractivity contribution in [2.75, 3.05) is 20.2 Å². The molecule has 0 radical (unpaired) electrons. The zero-order valence-corrected chi connectivity index (χ0v) is 12.7. The molecular weight excluding hydrogens is 260 g/mol. The van der Waals surface area contributed by atoms with E-state index in [1.54, 1.807) is 7.11 Å². The molecular formula is C18H22N2O. The van der Waals surface area contributed by atoms with Crippen LogP contribution in [-0.2, 0) is 0 Å². The highest BCUT2D eigenvalue weighted by Gasteiger charge is 2.27. The van der Waals surface area contributed by atoms with Crippen molar-refractivity contribution in [3.8, 4) is 5.88 Å². The first kappa shape index (κ1) is 14.1. The van der Waals surface area contributed by atoms with Crippen LogP contribution in [0.4, 0.5) is 0 Å². The van der Waals surface area contributed by atoms with Crippen molar-refractivity contribution < 1.29 is 4.74 Å². The first-order valence-corrected chi connectivity index (χ1v) is 7.55. The Bertz CT molecular complexity index is 577. The van der Waals surface area contributed by atoms with Crippen LogP contribution in [0.2, 0.25) is 0 Å². The highest BCUT2D eigenvalue weighted by atomic mass is 16.5. The summed E-state index contributed by atoms with van der Waals surface area (Å²) in [6.45, 7) is 4.23. The van der Waals surface area contributed by atoms with Crippen LogP contribution >= 0.6 is 0 Å². The van der Waals surface area contributed by atoms with Crippen LogP contribution in [0.1, 0.15) is 34.9 Å². The van der Waals surface area contributed by atoms with Gasteiger partial charge in [-0.3, -0.25) is 0 Å². The van der Waals surface area contributed by atoms with Crippen LogP contribution in [0.25, 0.3) is 0 Å². The molecule has 1 aromatic heterocycles. The molecule has 1 aliphatic heterocycles. The number of hydrogen-bond acceptors (Lipinski definition) is 3. The zero-order chi connectivity index (χ0) is 14.7. The topological polar surface area (TPSA) is 34.1 Å². The number of ether oxygens (including phenoxy) is 1. The molecule has 1 saturated heterocycles. The van der Waals surface area contributed by atoms with Gasteiger partial charge in [-0.05, 0) is 36.9 Å². The third-order valence-electron chi connectivity index (χ3n) is 4.38. The van der Waals surface area contributed by atoms with E-state index in [1.165, 1.54) is 16.7 Å². The van der Waals surface area contributed by atoms with Crippen molar-refractivity contribution in [2.24, 2.45) is 0 Å². The van der Waals surface area contributed by atoms with Crippen LogP contribution in [-0.4, -0.2) is 25.2 Å². The van der Waals surface area contributed by atoms with E-state index in [2.05, 4.69) is 47.6 Å². The van der Waals surface area contributed by atoms with E-state index in [0.29, 0.717) is 17.7 Å². The number of nitrogens with zero attached hydrogens (tertiary/aromatic N) is 1. The first-order chi connectivity index (χ1) is 10.3. The molecule has 0 amide bonds. The summed E-state index contributed by atoms with van der Waals surface area (Å²) in [6, 6.07) is 13.0. The molecule has 3 heteroatoms. The molecule has 2 aromatic rings. The molecule has 3 rings (SSSR count). The average molecular weight is 282 g/mol. The number of piperidine rings is 1. The van der Waals surface area contributed by atoms with E-state index in [-0.39, 0.29) is 0 Å². The first-order valence-electron chi connectivity index (χ1n) is 7.55. The second-order valence-electron chi connectivity index (χ2n) is 5.75. The number of aromatic nitrogens is 1. The second-order valence-corrected chi connectivity index (χ2v) is 5.75. The highest BCUT2D eigenvalue weighted by Crippen LogP contribution is 2.37. The fourth-order valence-electron chi connectivity index (χ4n) is 3.15. The largest absolute Gasteiger partial charge is 0.481 e. The van der Waals surface area contributed by atoms with Crippen LogP contribution in [0.5, 0.6) is 5.88 Å². The number of rotatable bonds is 3. The minimum Gasteiger partial charge on any atom is -0.481 e. The highest BCUT2D eigenvalue weighted by molar-refractivity contribution is 5.31. The van der Waals surface area contributed by atoms with Gasteiger partial charge in [-0.15, -0.1) is 0 Å². The summed E-state index contributed by atoms with van der Waals surface area (Å²) in [5.74, 6) is 1.71. The number of benzene rings is 1.